The molecule has 0 aliphatic heterocycles. The van der Waals surface area contributed by atoms with Crippen LogP contribution in [0.5, 0.6) is 0 Å². The largest absolute Gasteiger partial charge is 0.344 e. The fraction of sp³-hybridized carbons (Fsp3) is 0. The highest BCUT2D eigenvalue weighted by atomic mass is 14.0. The van der Waals surface area contributed by atoms with Gasteiger partial charge < -0.3 is 6.15 Å². The second-order valence-electron chi connectivity index (χ2n) is 1.15. The second kappa shape index (κ2) is 3.37. The molecule has 0 saturated heterocycles. The maximum atomic E-state index is 2.00. The van der Waals surface area contributed by atoms with Gasteiger partial charge in [-0.1, -0.05) is 36.4 Å². The average Bonchev–Trinajstić information content (AvgIpc) is 1.72. The van der Waals surface area contributed by atoms with Crippen molar-refractivity contribution in [2.45, 2.75) is 0 Å². The summed E-state index contributed by atoms with van der Waals surface area (Å²) in [6.07, 6.45) is 0. The minimum Gasteiger partial charge on any atom is -0.344 e. The summed E-state index contributed by atoms with van der Waals surface area (Å²) in [6, 6.07) is 12.0. The molecule has 1 aromatic carbocycles. The average molecular weight is 95.1 g/mol. The van der Waals surface area contributed by atoms with Gasteiger partial charge in [0.05, 0.1) is 0 Å². The van der Waals surface area contributed by atoms with E-state index in [1.54, 1.807) is 0 Å². The number of benzene rings is 1. The van der Waals surface area contributed by atoms with Gasteiger partial charge in [-0.05, 0) is 0 Å². The van der Waals surface area contributed by atoms with Crippen molar-refractivity contribution in [3.63, 3.8) is 0 Å². The lowest BCUT2D eigenvalue weighted by Crippen LogP contribution is -1.47. The summed E-state index contributed by atoms with van der Waals surface area (Å²) in [4.78, 5) is 0. The van der Waals surface area contributed by atoms with Gasteiger partial charge in [0.1, 0.15) is 0 Å². The summed E-state index contributed by atoms with van der Waals surface area (Å²) in [6.45, 7) is 0. The van der Waals surface area contributed by atoms with Gasteiger partial charge in [0.25, 0.3) is 0 Å². The maximum Gasteiger partial charge on any atom is -0.0623 e. The van der Waals surface area contributed by atoms with Gasteiger partial charge in [-0.2, -0.15) is 0 Å². The Bertz CT molecular complexity index is 76.1. The summed E-state index contributed by atoms with van der Waals surface area (Å²) in [7, 11) is 0. The normalized spacial score (nSPS) is 6.86. The molecule has 3 N–H and O–H groups in total. The number of rotatable bonds is 0. The van der Waals surface area contributed by atoms with Crippen LogP contribution >= 0.6 is 0 Å². The molecule has 0 spiro atoms. The van der Waals surface area contributed by atoms with E-state index in [0.29, 0.717) is 0 Å². The van der Waals surface area contributed by atoms with Crippen molar-refractivity contribution in [2.75, 3.05) is 0 Å². The van der Waals surface area contributed by atoms with Gasteiger partial charge in [-0.15, -0.1) is 0 Å². The van der Waals surface area contributed by atoms with Crippen LogP contribution in [-0.4, -0.2) is 0 Å². The molecule has 0 aliphatic rings. The van der Waals surface area contributed by atoms with Gasteiger partial charge in [0, 0.05) is 0 Å². The van der Waals surface area contributed by atoms with Crippen molar-refractivity contribution in [3.05, 3.63) is 36.4 Å². The fourth-order valence-corrected chi connectivity index (χ4v) is 0.385. The van der Waals surface area contributed by atoms with E-state index in [1.807, 2.05) is 36.4 Å². The Kier molecular flexibility index (Phi) is 2.98. The monoisotopic (exact) mass is 95.1 g/mol. The molecule has 7 heavy (non-hydrogen) atoms. The van der Waals surface area contributed by atoms with E-state index in [1.165, 1.54) is 0 Å². The molecule has 1 rings (SSSR count). The Morgan fingerprint density at radius 3 is 0.714 bits per heavy atom. The zero-order chi connectivity index (χ0) is 4.24. The topological polar surface area (TPSA) is 35.0 Å². The van der Waals surface area contributed by atoms with E-state index >= 15 is 0 Å². The Hall–Kier alpha value is -0.820. The Labute approximate surface area is 43.6 Å². The van der Waals surface area contributed by atoms with Gasteiger partial charge in [0.2, 0.25) is 0 Å². The first-order valence-electron chi connectivity index (χ1n) is 2.00. The Morgan fingerprint density at radius 2 is 0.571 bits per heavy atom. The quantitative estimate of drug-likeness (QED) is 0.524. The molecule has 0 radical (unpaired) electrons. The van der Waals surface area contributed by atoms with E-state index in [0.717, 1.165) is 0 Å². The summed E-state index contributed by atoms with van der Waals surface area (Å²) >= 11 is 0. The van der Waals surface area contributed by atoms with Crippen molar-refractivity contribution >= 4 is 0 Å². The third kappa shape index (κ3) is 1.95. The Morgan fingerprint density at radius 1 is 0.429 bits per heavy atom. The molecular weight excluding hydrogens is 86.1 g/mol. The predicted molar refractivity (Wildman–Crippen MR) is 31.5 cm³/mol. The highest BCUT2D eigenvalue weighted by Crippen LogP contribution is 1.79. The summed E-state index contributed by atoms with van der Waals surface area (Å²) in [5.41, 5.74) is 0. The number of hydrogen-bond donors (Lipinski definition) is 1. The molecule has 1 aromatic rings. The molecule has 38 valence electrons. The minimum atomic E-state index is 0. The van der Waals surface area contributed by atoms with Crippen LogP contribution in [0.3, 0.4) is 0 Å². The van der Waals surface area contributed by atoms with Crippen LogP contribution in [0.15, 0.2) is 36.4 Å². The highest BCUT2D eigenvalue weighted by Gasteiger charge is 1.57. The predicted octanol–water partition coefficient (Wildman–Crippen LogP) is 1.85. The van der Waals surface area contributed by atoms with Crippen LogP contribution in [0, 0.1) is 0 Å². The molecule has 0 fully saturated rings. The molecule has 0 aromatic heterocycles. The van der Waals surface area contributed by atoms with Crippen LogP contribution in [-0.2, 0) is 0 Å². The lowest BCUT2D eigenvalue weighted by atomic mass is 10.4. The van der Waals surface area contributed by atoms with Gasteiger partial charge in [0.15, 0.2) is 0 Å². The first-order valence-corrected chi connectivity index (χ1v) is 2.00. The van der Waals surface area contributed by atoms with Crippen LogP contribution in [0.4, 0.5) is 0 Å². The number of hydrogen-bond acceptors (Lipinski definition) is 1. The highest BCUT2D eigenvalue weighted by molar-refractivity contribution is 4.99. The molecule has 1 heteroatoms. The van der Waals surface area contributed by atoms with Gasteiger partial charge in [-0.25, -0.2) is 0 Å². The fourth-order valence-electron chi connectivity index (χ4n) is 0.385. The van der Waals surface area contributed by atoms with E-state index < -0.39 is 0 Å². The minimum absolute atomic E-state index is 0. The summed E-state index contributed by atoms with van der Waals surface area (Å²) < 4.78 is 0. The molecule has 1 nitrogen and oxygen atoms in total. The third-order valence-electron chi connectivity index (χ3n) is 0.667. The van der Waals surface area contributed by atoms with Gasteiger partial charge >= 0.3 is 0 Å². The van der Waals surface area contributed by atoms with Crippen LogP contribution in [0.1, 0.15) is 0 Å². The second-order valence-corrected chi connectivity index (χ2v) is 1.15. The summed E-state index contributed by atoms with van der Waals surface area (Å²) in [5.74, 6) is 0. The van der Waals surface area contributed by atoms with Crippen molar-refractivity contribution < 1.29 is 0 Å². The van der Waals surface area contributed by atoms with Crippen LogP contribution in [0.25, 0.3) is 0 Å². The third-order valence-corrected chi connectivity index (χ3v) is 0.667. The van der Waals surface area contributed by atoms with E-state index in [-0.39, 0.29) is 6.15 Å². The molecular formula is C6H9N. The molecule has 0 saturated carbocycles. The van der Waals surface area contributed by atoms with Crippen LogP contribution in [0.2, 0.25) is 0 Å². The molecule has 0 heterocycles. The maximum absolute atomic E-state index is 2.00. The van der Waals surface area contributed by atoms with E-state index in [9.17, 15) is 0 Å². The first kappa shape index (κ1) is 6.18. The van der Waals surface area contributed by atoms with E-state index in [4.69, 9.17) is 0 Å². The Balaban J connectivity index is 0.000000360. The zero-order valence-electron chi connectivity index (χ0n) is 4.17. The van der Waals surface area contributed by atoms with Gasteiger partial charge in [-0.3, -0.25) is 0 Å². The lowest BCUT2D eigenvalue weighted by molar-refractivity contribution is 1.72. The van der Waals surface area contributed by atoms with Crippen molar-refractivity contribution in [3.8, 4) is 0 Å². The van der Waals surface area contributed by atoms with Crippen LogP contribution < -0.4 is 6.15 Å². The van der Waals surface area contributed by atoms with Crippen molar-refractivity contribution in [1.29, 1.82) is 0 Å². The molecule has 0 unspecified atom stereocenters. The van der Waals surface area contributed by atoms with Crippen molar-refractivity contribution in [1.82, 2.24) is 6.15 Å². The molecule has 0 atom stereocenters. The molecule has 0 bridgehead atoms. The first-order chi connectivity index (χ1) is 3.00. The SMILES string of the molecule is N.c1ccccc1. The standard InChI is InChI=1S/C6H6.H3N/c1-2-4-6-5-3-1;/h1-6H;1H3. The lowest BCUT2D eigenvalue weighted by Gasteiger charge is -1.69. The van der Waals surface area contributed by atoms with E-state index in [2.05, 4.69) is 0 Å². The molecule has 0 aliphatic carbocycles. The smallest absolute Gasteiger partial charge is 0.0623 e. The van der Waals surface area contributed by atoms with Crippen molar-refractivity contribution in [2.24, 2.45) is 0 Å². The molecule has 0 amide bonds. The summed E-state index contributed by atoms with van der Waals surface area (Å²) in [5, 5.41) is 0. The zero-order valence-corrected chi connectivity index (χ0v) is 4.17.